The quantitative estimate of drug-likeness (QED) is 0.651. The number of rotatable bonds is 5. The highest BCUT2D eigenvalue weighted by Gasteiger charge is 2.22. The van der Waals surface area contributed by atoms with E-state index < -0.39 is 0 Å². The van der Waals surface area contributed by atoms with Crippen molar-refractivity contribution in [1.82, 2.24) is 0 Å². The van der Waals surface area contributed by atoms with Crippen LogP contribution in [-0.2, 0) is 4.79 Å². The summed E-state index contributed by atoms with van der Waals surface area (Å²) in [6.45, 7) is 13.1. The van der Waals surface area contributed by atoms with Crippen LogP contribution in [0.3, 0.4) is 0 Å². The standard InChI is InChI=1S/C13H26O/c1-10(2)7-8-12(14)9-11(3)13(4,5)6/h10-11H,7-9H2,1-6H3. The van der Waals surface area contributed by atoms with E-state index in [0.717, 1.165) is 19.3 Å². The summed E-state index contributed by atoms with van der Waals surface area (Å²) < 4.78 is 0. The van der Waals surface area contributed by atoms with Crippen LogP contribution in [0.15, 0.2) is 0 Å². The van der Waals surface area contributed by atoms with E-state index in [1.807, 2.05) is 0 Å². The molecule has 0 amide bonds. The maximum atomic E-state index is 11.6. The molecule has 1 nitrogen and oxygen atoms in total. The number of hydrogen-bond donors (Lipinski definition) is 0. The number of hydrogen-bond acceptors (Lipinski definition) is 1. The molecule has 1 heteroatoms. The number of ketones is 1. The fourth-order valence-electron chi connectivity index (χ4n) is 1.20. The number of Topliss-reactive ketones (excluding diaryl/α,β-unsaturated/α-hetero) is 1. The maximum absolute atomic E-state index is 11.6. The minimum atomic E-state index is 0.257. The minimum Gasteiger partial charge on any atom is -0.300 e. The molecule has 0 aliphatic carbocycles. The first-order chi connectivity index (χ1) is 6.23. The lowest BCUT2D eigenvalue weighted by atomic mass is 9.79. The fraction of sp³-hybridized carbons (Fsp3) is 0.923. The molecule has 0 bridgehead atoms. The van der Waals surface area contributed by atoms with E-state index in [9.17, 15) is 4.79 Å². The van der Waals surface area contributed by atoms with E-state index in [0.29, 0.717) is 17.6 Å². The Bertz CT molecular complexity index is 174. The first-order valence-electron chi connectivity index (χ1n) is 5.75. The van der Waals surface area contributed by atoms with Gasteiger partial charge in [-0.3, -0.25) is 4.79 Å². The first kappa shape index (κ1) is 13.7. The molecular weight excluding hydrogens is 172 g/mol. The van der Waals surface area contributed by atoms with Crippen LogP contribution in [0.5, 0.6) is 0 Å². The molecule has 0 aromatic heterocycles. The highest BCUT2D eigenvalue weighted by Crippen LogP contribution is 2.28. The Labute approximate surface area is 89.3 Å². The zero-order chi connectivity index (χ0) is 11.4. The summed E-state index contributed by atoms with van der Waals surface area (Å²) >= 11 is 0. The lowest BCUT2D eigenvalue weighted by Crippen LogP contribution is -2.20. The van der Waals surface area contributed by atoms with Crippen molar-refractivity contribution in [2.45, 2.75) is 60.8 Å². The van der Waals surface area contributed by atoms with Crippen LogP contribution in [0, 0.1) is 17.3 Å². The summed E-state index contributed by atoms with van der Waals surface area (Å²) in [5.41, 5.74) is 0.257. The first-order valence-corrected chi connectivity index (χ1v) is 5.75. The van der Waals surface area contributed by atoms with Gasteiger partial charge in [-0.2, -0.15) is 0 Å². The zero-order valence-electron chi connectivity index (χ0n) is 10.7. The predicted molar refractivity (Wildman–Crippen MR) is 62.3 cm³/mol. The summed E-state index contributed by atoms with van der Waals surface area (Å²) in [5.74, 6) is 1.56. The molecule has 0 heterocycles. The molecule has 1 unspecified atom stereocenters. The van der Waals surface area contributed by atoms with Gasteiger partial charge in [0.1, 0.15) is 5.78 Å². The van der Waals surface area contributed by atoms with Crippen LogP contribution in [0.4, 0.5) is 0 Å². The minimum absolute atomic E-state index is 0.257. The number of carbonyl (C=O) groups is 1. The smallest absolute Gasteiger partial charge is 0.133 e. The Kier molecular flexibility index (Phi) is 5.40. The normalized spacial score (nSPS) is 14.5. The SMILES string of the molecule is CC(C)CCC(=O)CC(C)C(C)(C)C. The van der Waals surface area contributed by atoms with Crippen molar-refractivity contribution in [2.75, 3.05) is 0 Å². The Morgan fingerprint density at radius 1 is 1.14 bits per heavy atom. The second-order valence-electron chi connectivity index (χ2n) is 5.94. The van der Waals surface area contributed by atoms with Gasteiger partial charge in [-0.05, 0) is 23.7 Å². The topological polar surface area (TPSA) is 17.1 Å². The summed E-state index contributed by atoms with van der Waals surface area (Å²) in [7, 11) is 0. The molecule has 1 atom stereocenters. The lowest BCUT2D eigenvalue weighted by Gasteiger charge is -2.26. The molecule has 0 aliphatic heterocycles. The van der Waals surface area contributed by atoms with Crippen molar-refractivity contribution in [1.29, 1.82) is 0 Å². The third-order valence-electron chi connectivity index (χ3n) is 3.01. The molecule has 0 aromatic carbocycles. The van der Waals surface area contributed by atoms with Crippen molar-refractivity contribution >= 4 is 5.78 Å². The molecule has 0 aromatic rings. The van der Waals surface area contributed by atoms with Gasteiger partial charge in [0.25, 0.3) is 0 Å². The van der Waals surface area contributed by atoms with Crippen molar-refractivity contribution in [3.8, 4) is 0 Å². The molecule has 0 spiro atoms. The third kappa shape index (κ3) is 6.17. The molecule has 14 heavy (non-hydrogen) atoms. The van der Waals surface area contributed by atoms with E-state index in [1.165, 1.54) is 0 Å². The maximum Gasteiger partial charge on any atom is 0.133 e. The van der Waals surface area contributed by atoms with Crippen LogP contribution in [-0.4, -0.2) is 5.78 Å². The molecule has 0 saturated heterocycles. The molecule has 0 radical (unpaired) electrons. The van der Waals surface area contributed by atoms with Crippen molar-refractivity contribution < 1.29 is 4.79 Å². The second-order valence-corrected chi connectivity index (χ2v) is 5.94. The van der Waals surface area contributed by atoms with Gasteiger partial charge in [0, 0.05) is 12.8 Å². The van der Waals surface area contributed by atoms with E-state index in [1.54, 1.807) is 0 Å². The lowest BCUT2D eigenvalue weighted by molar-refractivity contribution is -0.120. The van der Waals surface area contributed by atoms with Crippen LogP contribution in [0.1, 0.15) is 60.8 Å². The number of carbonyl (C=O) groups excluding carboxylic acids is 1. The van der Waals surface area contributed by atoms with Crippen LogP contribution in [0.2, 0.25) is 0 Å². The van der Waals surface area contributed by atoms with E-state index in [4.69, 9.17) is 0 Å². The van der Waals surface area contributed by atoms with Crippen molar-refractivity contribution in [3.63, 3.8) is 0 Å². The van der Waals surface area contributed by atoms with Gasteiger partial charge in [-0.15, -0.1) is 0 Å². The predicted octanol–water partition coefficient (Wildman–Crippen LogP) is 4.06. The van der Waals surface area contributed by atoms with Gasteiger partial charge in [-0.1, -0.05) is 41.5 Å². The van der Waals surface area contributed by atoms with E-state index in [-0.39, 0.29) is 5.41 Å². The monoisotopic (exact) mass is 198 g/mol. The summed E-state index contributed by atoms with van der Waals surface area (Å²) in [4.78, 5) is 11.6. The fourth-order valence-corrected chi connectivity index (χ4v) is 1.20. The molecule has 0 fully saturated rings. The van der Waals surface area contributed by atoms with Gasteiger partial charge in [-0.25, -0.2) is 0 Å². The summed E-state index contributed by atoms with van der Waals surface area (Å²) in [6, 6.07) is 0. The Morgan fingerprint density at radius 3 is 2.00 bits per heavy atom. The molecule has 0 saturated carbocycles. The van der Waals surface area contributed by atoms with Gasteiger partial charge < -0.3 is 0 Å². The molecule has 84 valence electrons. The molecular formula is C13H26O. The highest BCUT2D eigenvalue weighted by atomic mass is 16.1. The largest absolute Gasteiger partial charge is 0.300 e. The Hall–Kier alpha value is -0.330. The van der Waals surface area contributed by atoms with Crippen LogP contribution in [0.25, 0.3) is 0 Å². The Balaban J connectivity index is 3.84. The second kappa shape index (κ2) is 5.53. The summed E-state index contributed by atoms with van der Waals surface area (Å²) in [6.07, 6.45) is 2.55. The third-order valence-corrected chi connectivity index (χ3v) is 3.01. The average Bonchev–Trinajstić information content (AvgIpc) is 1.99. The van der Waals surface area contributed by atoms with Crippen molar-refractivity contribution in [2.24, 2.45) is 17.3 Å². The van der Waals surface area contributed by atoms with Crippen LogP contribution < -0.4 is 0 Å². The average molecular weight is 198 g/mol. The molecule has 0 rings (SSSR count). The van der Waals surface area contributed by atoms with E-state index >= 15 is 0 Å². The Morgan fingerprint density at radius 2 is 1.64 bits per heavy atom. The van der Waals surface area contributed by atoms with Gasteiger partial charge in [0.05, 0.1) is 0 Å². The van der Waals surface area contributed by atoms with Gasteiger partial charge in [0.15, 0.2) is 0 Å². The zero-order valence-corrected chi connectivity index (χ0v) is 10.7. The molecule has 0 N–H and O–H groups in total. The molecule has 0 aliphatic rings. The van der Waals surface area contributed by atoms with E-state index in [2.05, 4.69) is 41.5 Å². The van der Waals surface area contributed by atoms with Crippen LogP contribution >= 0.6 is 0 Å². The summed E-state index contributed by atoms with van der Waals surface area (Å²) in [5, 5.41) is 0. The van der Waals surface area contributed by atoms with Gasteiger partial charge >= 0.3 is 0 Å². The highest BCUT2D eigenvalue weighted by molar-refractivity contribution is 5.78. The van der Waals surface area contributed by atoms with Crippen molar-refractivity contribution in [3.05, 3.63) is 0 Å². The van der Waals surface area contributed by atoms with Gasteiger partial charge in [0.2, 0.25) is 0 Å².